The number of hydrogen-bond acceptors (Lipinski definition) is 4. The van der Waals surface area contributed by atoms with Crippen LogP contribution < -0.4 is 0 Å². The molecule has 1 fully saturated rings. The Bertz CT molecular complexity index is 287. The summed E-state index contributed by atoms with van der Waals surface area (Å²) in [4.78, 5) is 13.6. The van der Waals surface area contributed by atoms with Crippen LogP contribution in [0.3, 0.4) is 0 Å². The summed E-state index contributed by atoms with van der Waals surface area (Å²) in [6.07, 6.45) is 0.194. The Hall–Kier alpha value is -1.12. The lowest BCUT2D eigenvalue weighted by Gasteiger charge is -2.38. The summed E-state index contributed by atoms with van der Waals surface area (Å²) >= 11 is 0. The molecule has 1 aliphatic rings. The number of carbonyl (C=O) groups is 1. The molecule has 0 aromatic heterocycles. The summed E-state index contributed by atoms with van der Waals surface area (Å²) in [6.45, 7) is 4.39. The van der Waals surface area contributed by atoms with Gasteiger partial charge in [0.05, 0.1) is 31.4 Å². The summed E-state index contributed by atoms with van der Waals surface area (Å²) < 4.78 is 5.34. The summed E-state index contributed by atoms with van der Waals surface area (Å²) in [5.74, 6) is -0.737. The number of carbonyl (C=O) groups excluding carboxylic acids is 1. The number of hydrogen-bond donors (Lipinski definition) is 1. The number of aliphatic hydroxyl groups is 1. The zero-order valence-electron chi connectivity index (χ0n) is 9.72. The molecular formula is C11H18N2O3. The maximum Gasteiger partial charge on any atom is 0.240 e. The van der Waals surface area contributed by atoms with Crippen LogP contribution in [0.1, 0.15) is 20.3 Å². The second kappa shape index (κ2) is 5.83. The van der Waals surface area contributed by atoms with Crippen molar-refractivity contribution in [2.24, 2.45) is 5.92 Å². The Morgan fingerprint density at radius 3 is 2.94 bits per heavy atom. The topological polar surface area (TPSA) is 73.6 Å². The van der Waals surface area contributed by atoms with Crippen molar-refractivity contribution in [2.75, 3.05) is 19.8 Å². The third-order valence-corrected chi connectivity index (χ3v) is 2.85. The molecule has 1 saturated heterocycles. The maximum atomic E-state index is 12.0. The van der Waals surface area contributed by atoms with Gasteiger partial charge in [0.2, 0.25) is 5.91 Å². The van der Waals surface area contributed by atoms with E-state index in [0.717, 1.165) is 0 Å². The first kappa shape index (κ1) is 12.9. The van der Waals surface area contributed by atoms with Gasteiger partial charge in [-0.05, 0) is 13.3 Å². The monoisotopic (exact) mass is 226 g/mol. The molecule has 0 bridgehead atoms. The van der Waals surface area contributed by atoms with Crippen LogP contribution in [-0.4, -0.2) is 47.8 Å². The van der Waals surface area contributed by atoms with Gasteiger partial charge >= 0.3 is 0 Å². The lowest BCUT2D eigenvalue weighted by Crippen LogP contribution is -2.53. The molecule has 3 atom stereocenters. The molecule has 0 aromatic rings. The molecule has 0 saturated carbocycles. The fourth-order valence-electron chi connectivity index (χ4n) is 1.76. The Balaban J connectivity index is 2.69. The van der Waals surface area contributed by atoms with Gasteiger partial charge in [0, 0.05) is 6.54 Å². The van der Waals surface area contributed by atoms with Gasteiger partial charge in [-0.3, -0.25) is 4.79 Å². The first-order valence-electron chi connectivity index (χ1n) is 5.56. The van der Waals surface area contributed by atoms with E-state index in [1.165, 1.54) is 0 Å². The van der Waals surface area contributed by atoms with E-state index < -0.39 is 5.92 Å². The summed E-state index contributed by atoms with van der Waals surface area (Å²) in [5, 5.41) is 17.9. The third kappa shape index (κ3) is 2.71. The van der Waals surface area contributed by atoms with Crippen LogP contribution in [0.2, 0.25) is 0 Å². The standard InChI is InChI=1S/C11H18N2O3/c1-3-9(4-12)11(15)13-5-10(6-14)16-7-8(13)2/h8-10,14H,3,5-7H2,1-2H3. The predicted octanol–water partition coefficient (Wildman–Crippen LogP) is 0.144. The molecule has 0 aliphatic carbocycles. The fourth-order valence-corrected chi connectivity index (χ4v) is 1.76. The van der Waals surface area contributed by atoms with E-state index in [1.807, 2.05) is 19.9 Å². The Morgan fingerprint density at radius 2 is 2.44 bits per heavy atom. The lowest BCUT2D eigenvalue weighted by atomic mass is 10.0. The SMILES string of the molecule is CCC(C#N)C(=O)N1CC(CO)OCC1C. The van der Waals surface area contributed by atoms with Crippen molar-refractivity contribution >= 4 is 5.91 Å². The third-order valence-electron chi connectivity index (χ3n) is 2.85. The van der Waals surface area contributed by atoms with Gasteiger partial charge < -0.3 is 14.7 Å². The number of nitriles is 1. The van der Waals surface area contributed by atoms with Crippen LogP contribution in [0.15, 0.2) is 0 Å². The van der Waals surface area contributed by atoms with Gasteiger partial charge in [-0.25, -0.2) is 0 Å². The summed E-state index contributed by atoms with van der Waals surface area (Å²) in [6, 6.07) is 1.98. The molecule has 0 aromatic carbocycles. The fraction of sp³-hybridized carbons (Fsp3) is 0.818. The summed E-state index contributed by atoms with van der Waals surface area (Å²) in [7, 11) is 0. The van der Waals surface area contributed by atoms with Gasteiger partial charge in [0.1, 0.15) is 5.92 Å². The van der Waals surface area contributed by atoms with Crippen molar-refractivity contribution in [3.05, 3.63) is 0 Å². The number of nitrogens with zero attached hydrogens (tertiary/aromatic N) is 2. The van der Waals surface area contributed by atoms with E-state index in [9.17, 15) is 4.79 Å². The highest BCUT2D eigenvalue weighted by Gasteiger charge is 2.32. The van der Waals surface area contributed by atoms with Crippen molar-refractivity contribution < 1.29 is 14.6 Å². The minimum Gasteiger partial charge on any atom is -0.394 e. The molecule has 5 heteroatoms. The number of morpholine rings is 1. The van der Waals surface area contributed by atoms with Crippen LogP contribution in [0.5, 0.6) is 0 Å². The quantitative estimate of drug-likeness (QED) is 0.743. The van der Waals surface area contributed by atoms with Gasteiger partial charge in [-0.1, -0.05) is 6.92 Å². The number of rotatable bonds is 3. The highest BCUT2D eigenvalue weighted by atomic mass is 16.5. The van der Waals surface area contributed by atoms with Crippen molar-refractivity contribution in [3.8, 4) is 6.07 Å². The summed E-state index contributed by atoms with van der Waals surface area (Å²) in [5.41, 5.74) is 0. The number of ether oxygens (including phenoxy) is 1. The Labute approximate surface area is 95.6 Å². The van der Waals surface area contributed by atoms with Crippen LogP contribution in [0, 0.1) is 17.2 Å². The van der Waals surface area contributed by atoms with Crippen molar-refractivity contribution in [1.82, 2.24) is 4.90 Å². The molecule has 1 N–H and O–H groups in total. The average molecular weight is 226 g/mol. The molecule has 1 heterocycles. The van der Waals surface area contributed by atoms with Crippen LogP contribution in [0.4, 0.5) is 0 Å². The van der Waals surface area contributed by atoms with Crippen LogP contribution in [0.25, 0.3) is 0 Å². The molecule has 1 amide bonds. The predicted molar refractivity (Wildman–Crippen MR) is 57.4 cm³/mol. The number of aliphatic hydroxyl groups excluding tert-OH is 1. The van der Waals surface area contributed by atoms with Gasteiger partial charge in [0.15, 0.2) is 0 Å². The van der Waals surface area contributed by atoms with E-state index in [2.05, 4.69) is 0 Å². The van der Waals surface area contributed by atoms with E-state index in [-0.39, 0.29) is 24.7 Å². The van der Waals surface area contributed by atoms with Crippen molar-refractivity contribution in [2.45, 2.75) is 32.4 Å². The highest BCUT2D eigenvalue weighted by molar-refractivity contribution is 5.81. The van der Waals surface area contributed by atoms with Crippen molar-refractivity contribution in [3.63, 3.8) is 0 Å². The molecule has 0 radical (unpaired) electrons. The van der Waals surface area contributed by atoms with Gasteiger partial charge in [0.25, 0.3) is 0 Å². The smallest absolute Gasteiger partial charge is 0.240 e. The normalized spacial score (nSPS) is 27.2. The second-order valence-corrected chi connectivity index (χ2v) is 4.07. The van der Waals surface area contributed by atoms with E-state index in [1.54, 1.807) is 4.90 Å². The molecule has 1 rings (SSSR count). The first-order chi connectivity index (χ1) is 7.63. The molecule has 16 heavy (non-hydrogen) atoms. The highest BCUT2D eigenvalue weighted by Crippen LogP contribution is 2.16. The molecule has 90 valence electrons. The Morgan fingerprint density at radius 1 is 1.75 bits per heavy atom. The van der Waals surface area contributed by atoms with Gasteiger partial charge in [-0.2, -0.15) is 5.26 Å². The second-order valence-electron chi connectivity index (χ2n) is 4.07. The van der Waals surface area contributed by atoms with Gasteiger partial charge in [-0.15, -0.1) is 0 Å². The molecule has 5 nitrogen and oxygen atoms in total. The zero-order chi connectivity index (χ0) is 12.1. The Kier molecular flexibility index (Phi) is 4.71. The largest absolute Gasteiger partial charge is 0.394 e. The molecule has 1 aliphatic heterocycles. The minimum atomic E-state index is -0.583. The molecule has 3 unspecified atom stereocenters. The van der Waals surface area contributed by atoms with Crippen LogP contribution >= 0.6 is 0 Å². The van der Waals surface area contributed by atoms with E-state index in [4.69, 9.17) is 15.1 Å². The first-order valence-corrected chi connectivity index (χ1v) is 5.56. The van der Waals surface area contributed by atoms with Crippen molar-refractivity contribution in [1.29, 1.82) is 5.26 Å². The number of amides is 1. The maximum absolute atomic E-state index is 12.0. The lowest BCUT2D eigenvalue weighted by molar-refractivity contribution is -0.148. The van der Waals surface area contributed by atoms with E-state index >= 15 is 0 Å². The zero-order valence-corrected chi connectivity index (χ0v) is 9.72. The van der Waals surface area contributed by atoms with E-state index in [0.29, 0.717) is 19.6 Å². The molecule has 0 spiro atoms. The molecular weight excluding hydrogens is 208 g/mol. The minimum absolute atomic E-state index is 0.0299. The van der Waals surface area contributed by atoms with Crippen LogP contribution in [-0.2, 0) is 9.53 Å². The average Bonchev–Trinajstić information content (AvgIpc) is 2.31.